The van der Waals surface area contributed by atoms with E-state index in [1.54, 1.807) is 0 Å². The average molecular weight is 526 g/mol. The number of aliphatic hydroxyl groups is 2. The molecular formula is C26H39NO10. The number of phenolic OH excluding ortho intramolecular Hbond substituents is 2. The Balaban J connectivity index is 0.000000499. The molecule has 6 N–H and O–H groups in total. The lowest BCUT2D eigenvalue weighted by Gasteiger charge is -2.37. The van der Waals surface area contributed by atoms with Gasteiger partial charge in [0.25, 0.3) is 0 Å². The van der Waals surface area contributed by atoms with Crippen molar-refractivity contribution in [3.63, 3.8) is 0 Å². The number of aliphatic hydroxyl groups excluding tert-OH is 2. The molecule has 0 aromatic heterocycles. The SMILES string of the molecule is CCOCC.C[C@H]1[C@H](c2ccccc2)OCCN1C.O=C(O)C(O)C(O)C(=O)O.Oc1ccc(O)cc1. The number of hydrogen-bond acceptors (Lipinski definition) is 9. The highest BCUT2D eigenvalue weighted by atomic mass is 16.5. The number of ether oxygens (including phenoxy) is 2. The second kappa shape index (κ2) is 19.0. The largest absolute Gasteiger partial charge is 0.508 e. The number of carboxylic acids is 2. The van der Waals surface area contributed by atoms with Crippen molar-refractivity contribution in [2.75, 3.05) is 33.4 Å². The van der Waals surface area contributed by atoms with Crippen LogP contribution in [0.15, 0.2) is 54.6 Å². The minimum Gasteiger partial charge on any atom is -0.508 e. The molecule has 4 atom stereocenters. The molecule has 1 aliphatic rings. The monoisotopic (exact) mass is 525 g/mol. The molecule has 0 saturated carbocycles. The van der Waals surface area contributed by atoms with Crippen LogP contribution in [0.1, 0.15) is 32.4 Å². The number of phenols is 2. The molecule has 0 amide bonds. The van der Waals surface area contributed by atoms with E-state index in [-0.39, 0.29) is 17.6 Å². The standard InChI is InChI=1S/C12H17NO.C6H6O2.C4H6O6.C4H10O/c1-10-12(14-9-8-13(10)2)11-6-4-3-5-7-11;7-5-1-2-6(8)4-3-5;5-1(3(7)8)2(6)4(9)10;1-3-5-4-2/h3-7,10,12H,8-9H2,1-2H3;1-4,7-8H;1-2,5-6H,(H,7,8)(H,9,10);3-4H2,1-2H3/t10-,12+;;;/m0.../s1. The molecule has 2 aromatic carbocycles. The van der Waals surface area contributed by atoms with E-state index in [1.165, 1.54) is 29.8 Å². The quantitative estimate of drug-likeness (QED) is 0.304. The highest BCUT2D eigenvalue weighted by molar-refractivity contribution is 5.83. The van der Waals surface area contributed by atoms with Crippen LogP contribution in [0, 0.1) is 0 Å². The molecule has 0 spiro atoms. The molecular weight excluding hydrogens is 486 g/mol. The summed E-state index contributed by atoms with van der Waals surface area (Å²) in [6.07, 6.45) is -4.30. The maximum absolute atomic E-state index is 9.77. The first kappa shape index (κ1) is 33.8. The van der Waals surface area contributed by atoms with Gasteiger partial charge in [-0.15, -0.1) is 0 Å². The zero-order valence-electron chi connectivity index (χ0n) is 21.6. The second-order valence-corrected chi connectivity index (χ2v) is 7.79. The van der Waals surface area contributed by atoms with E-state index in [0.717, 1.165) is 26.4 Å². The third-order valence-electron chi connectivity index (χ3n) is 5.07. The van der Waals surface area contributed by atoms with Crippen molar-refractivity contribution in [2.45, 2.75) is 45.1 Å². The van der Waals surface area contributed by atoms with E-state index in [2.05, 4.69) is 43.1 Å². The Kier molecular flexibility index (Phi) is 17.3. The number of carboxylic acid groups (broad SMARTS) is 2. The van der Waals surface area contributed by atoms with Crippen molar-refractivity contribution in [3.8, 4) is 11.5 Å². The van der Waals surface area contributed by atoms with Gasteiger partial charge in [0.15, 0.2) is 12.2 Å². The van der Waals surface area contributed by atoms with E-state index >= 15 is 0 Å². The van der Waals surface area contributed by atoms with Crippen molar-refractivity contribution in [1.29, 1.82) is 0 Å². The number of carbonyl (C=O) groups is 2. The molecule has 208 valence electrons. The molecule has 1 saturated heterocycles. The first-order chi connectivity index (χ1) is 17.5. The topological polar surface area (TPSA) is 177 Å². The lowest BCUT2D eigenvalue weighted by Crippen LogP contribution is -2.42. The zero-order valence-corrected chi connectivity index (χ0v) is 21.6. The van der Waals surface area contributed by atoms with E-state index in [0.29, 0.717) is 6.04 Å². The number of aliphatic carboxylic acids is 2. The van der Waals surface area contributed by atoms with E-state index in [4.69, 9.17) is 40.1 Å². The highest BCUT2D eigenvalue weighted by Crippen LogP contribution is 2.26. The number of morpholine rings is 1. The van der Waals surface area contributed by atoms with Gasteiger partial charge in [-0.25, -0.2) is 9.59 Å². The number of benzene rings is 2. The summed E-state index contributed by atoms with van der Waals surface area (Å²) in [6.45, 7) is 9.75. The van der Waals surface area contributed by atoms with Crippen molar-refractivity contribution < 1.29 is 49.7 Å². The third kappa shape index (κ3) is 14.2. The number of aromatic hydroxyl groups is 2. The van der Waals surface area contributed by atoms with Gasteiger partial charge in [0.1, 0.15) is 11.5 Å². The Bertz CT molecular complexity index is 838. The molecule has 11 heteroatoms. The highest BCUT2D eigenvalue weighted by Gasteiger charge is 2.29. The van der Waals surface area contributed by atoms with Crippen LogP contribution in [0.2, 0.25) is 0 Å². The fourth-order valence-electron chi connectivity index (χ4n) is 2.84. The summed E-state index contributed by atoms with van der Waals surface area (Å²) in [4.78, 5) is 21.9. The van der Waals surface area contributed by atoms with Crippen molar-refractivity contribution >= 4 is 11.9 Å². The Morgan fingerprint density at radius 2 is 1.35 bits per heavy atom. The van der Waals surface area contributed by atoms with Crippen molar-refractivity contribution in [3.05, 3.63) is 60.2 Å². The molecule has 0 aliphatic carbocycles. The predicted octanol–water partition coefficient (Wildman–Crippen LogP) is 2.10. The van der Waals surface area contributed by atoms with Crippen LogP contribution in [-0.4, -0.2) is 99.1 Å². The molecule has 3 rings (SSSR count). The minimum absolute atomic E-state index is 0.169. The van der Waals surface area contributed by atoms with Gasteiger partial charge in [-0.2, -0.15) is 0 Å². The average Bonchev–Trinajstić information content (AvgIpc) is 2.88. The summed E-state index contributed by atoms with van der Waals surface area (Å²) in [7, 11) is 2.16. The first-order valence-corrected chi connectivity index (χ1v) is 11.7. The Hall–Kier alpha value is -3.22. The zero-order chi connectivity index (χ0) is 28.4. The molecule has 0 radical (unpaired) electrons. The van der Waals surface area contributed by atoms with E-state index in [1.807, 2.05) is 19.9 Å². The van der Waals surface area contributed by atoms with Crippen LogP contribution in [-0.2, 0) is 19.1 Å². The maximum atomic E-state index is 9.77. The summed E-state index contributed by atoms with van der Waals surface area (Å²) >= 11 is 0. The van der Waals surface area contributed by atoms with Crippen LogP contribution in [0.4, 0.5) is 0 Å². The van der Waals surface area contributed by atoms with Gasteiger partial charge >= 0.3 is 11.9 Å². The van der Waals surface area contributed by atoms with Crippen molar-refractivity contribution in [1.82, 2.24) is 4.90 Å². The fraction of sp³-hybridized carbons (Fsp3) is 0.462. The molecule has 11 nitrogen and oxygen atoms in total. The fourth-order valence-corrected chi connectivity index (χ4v) is 2.84. The predicted molar refractivity (Wildman–Crippen MR) is 136 cm³/mol. The van der Waals surface area contributed by atoms with Gasteiger partial charge in [0.2, 0.25) is 0 Å². The smallest absolute Gasteiger partial charge is 0.335 e. The number of rotatable bonds is 6. The molecule has 2 aromatic rings. The van der Waals surface area contributed by atoms with Crippen LogP contribution in [0.5, 0.6) is 11.5 Å². The van der Waals surface area contributed by atoms with Gasteiger partial charge in [0.05, 0.1) is 12.7 Å². The van der Waals surface area contributed by atoms with Crippen LogP contribution in [0.25, 0.3) is 0 Å². The molecule has 0 bridgehead atoms. The first-order valence-electron chi connectivity index (χ1n) is 11.7. The van der Waals surface area contributed by atoms with Crippen molar-refractivity contribution in [2.24, 2.45) is 0 Å². The number of likely N-dealkylation sites (N-methyl/N-ethyl adjacent to an activating group) is 1. The molecule has 2 unspecified atom stereocenters. The lowest BCUT2D eigenvalue weighted by molar-refractivity contribution is -0.165. The number of hydrogen-bond donors (Lipinski definition) is 6. The Morgan fingerprint density at radius 1 is 0.919 bits per heavy atom. The Labute approximate surface area is 217 Å². The van der Waals surface area contributed by atoms with Gasteiger partial charge < -0.3 is 40.1 Å². The molecule has 1 aliphatic heterocycles. The van der Waals surface area contributed by atoms with Gasteiger partial charge in [-0.3, -0.25) is 4.90 Å². The second-order valence-electron chi connectivity index (χ2n) is 7.79. The van der Waals surface area contributed by atoms with Crippen LogP contribution >= 0.6 is 0 Å². The maximum Gasteiger partial charge on any atom is 0.335 e. The third-order valence-corrected chi connectivity index (χ3v) is 5.07. The summed E-state index contributed by atoms with van der Waals surface area (Å²) in [5, 5.41) is 49.8. The summed E-state index contributed by atoms with van der Waals surface area (Å²) < 4.78 is 10.6. The lowest BCUT2D eigenvalue weighted by atomic mass is 10.0. The van der Waals surface area contributed by atoms with E-state index < -0.39 is 24.1 Å². The van der Waals surface area contributed by atoms with E-state index in [9.17, 15) is 9.59 Å². The number of nitrogens with zero attached hydrogens (tertiary/aromatic N) is 1. The van der Waals surface area contributed by atoms with Crippen LogP contribution < -0.4 is 0 Å². The van der Waals surface area contributed by atoms with Crippen LogP contribution in [0.3, 0.4) is 0 Å². The molecule has 1 heterocycles. The Morgan fingerprint density at radius 3 is 1.70 bits per heavy atom. The van der Waals surface area contributed by atoms with Gasteiger partial charge in [-0.1, -0.05) is 30.3 Å². The van der Waals surface area contributed by atoms with Gasteiger partial charge in [0, 0.05) is 25.8 Å². The van der Waals surface area contributed by atoms with Gasteiger partial charge in [-0.05, 0) is 57.6 Å². The summed E-state index contributed by atoms with van der Waals surface area (Å²) in [5.41, 5.74) is 1.28. The summed E-state index contributed by atoms with van der Waals surface area (Å²) in [6, 6.07) is 16.6. The normalized spacial score (nSPS) is 18.3. The molecule has 1 fully saturated rings. The minimum atomic E-state index is -2.27. The summed E-state index contributed by atoms with van der Waals surface area (Å²) in [5.74, 6) is -3.20. The molecule has 37 heavy (non-hydrogen) atoms.